The minimum absolute atomic E-state index is 0.00981. The smallest absolute Gasteiger partial charge is 0.269 e. The predicted molar refractivity (Wildman–Crippen MR) is 289 cm³/mol. The second-order valence-corrected chi connectivity index (χ2v) is 16.6. The molecule has 0 aliphatic carbocycles. The number of nitro groups is 1. The zero-order valence-electron chi connectivity index (χ0n) is 43.6. The highest BCUT2D eigenvalue weighted by atomic mass is 16.6. The number of non-ortho nitro benzene ring substituents is 1. The number of anilines is 6. The number of hydrogen-bond donors (Lipinski definition) is 5. The number of nitrogens with zero attached hydrogens (tertiary/aromatic N) is 16. The average Bonchev–Trinajstić information content (AvgIpc) is 4.03. The van der Waals surface area contributed by atoms with Gasteiger partial charge in [-0.15, -0.1) is 20.4 Å². The Bertz CT molecular complexity index is 3330. The summed E-state index contributed by atoms with van der Waals surface area (Å²) in [7, 11) is 6.73. The van der Waals surface area contributed by atoms with Gasteiger partial charge in [0.25, 0.3) is 11.6 Å². The summed E-state index contributed by atoms with van der Waals surface area (Å²) in [5.74, 6) is 2.58. The summed E-state index contributed by atoms with van der Waals surface area (Å²) in [6.45, 7) is 19.8. The normalized spacial score (nSPS) is 10.9. The molecule has 0 radical (unpaired) electrons. The van der Waals surface area contributed by atoms with E-state index in [9.17, 15) is 20.6 Å². The van der Waals surface area contributed by atoms with Crippen molar-refractivity contribution in [2.24, 2.45) is 20.5 Å². The van der Waals surface area contributed by atoms with Gasteiger partial charge < -0.3 is 40.6 Å². The Morgan fingerprint density at radius 2 is 1.45 bits per heavy atom. The molecule has 0 unspecified atom stereocenters. The maximum absolute atomic E-state index is 11.0. The van der Waals surface area contributed by atoms with Crippen LogP contribution in [0.3, 0.4) is 0 Å². The maximum Gasteiger partial charge on any atom is 0.269 e. The Morgan fingerprint density at radius 3 is 2.01 bits per heavy atom. The molecule has 0 bridgehead atoms. The highest BCUT2D eigenvalue weighted by Gasteiger charge is 2.22. The van der Waals surface area contributed by atoms with Crippen LogP contribution >= 0.6 is 0 Å². The number of rotatable bonds is 22. The number of aryl methyl sites for hydroxylation is 3. The third-order valence-electron chi connectivity index (χ3n) is 11.3. The number of nitriles is 2. The molecule has 0 aliphatic rings. The molecule has 0 aliphatic heterocycles. The summed E-state index contributed by atoms with van der Waals surface area (Å²) in [5, 5.41) is 68.4. The summed E-state index contributed by atoms with van der Waals surface area (Å²) < 4.78 is 13.4. The first-order chi connectivity index (χ1) is 36.8. The van der Waals surface area contributed by atoms with Crippen LogP contribution in [-0.2, 0) is 15.9 Å². The van der Waals surface area contributed by atoms with Gasteiger partial charge in [-0.1, -0.05) is 24.6 Å². The quantitative estimate of drug-likeness (QED) is 0.0138. The number of hydrogen-bond acceptors (Lipinski definition) is 21. The third kappa shape index (κ3) is 13.4. The molecular formula is C51H57N21O4. The Balaban J connectivity index is 0.000000248. The summed E-state index contributed by atoms with van der Waals surface area (Å²) in [5.41, 5.74) is 8.11. The van der Waals surface area contributed by atoms with Gasteiger partial charge in [-0.05, 0) is 76.3 Å². The molecule has 0 spiro atoms. The van der Waals surface area contributed by atoms with Gasteiger partial charge in [0.2, 0.25) is 17.5 Å². The average molecular weight is 1030 g/mol. The van der Waals surface area contributed by atoms with E-state index in [1.807, 2.05) is 27.7 Å². The van der Waals surface area contributed by atoms with Crippen molar-refractivity contribution >= 4 is 69.2 Å². The number of nitrogens with one attached hydrogen (secondary N) is 5. The number of nitro benzene ring substituents is 1. The number of benzene rings is 2. The SMILES string of the molecule is COCCCNc1nc(Nc2c(C)cc(C)cc2C)c(C#N)c(C)c1N=Nc1nn(-c2ncccn2)cc1C#N.[C-]#[N+]c1c(N=Nc2c(NC)nc(NC)nc2NCCCOC)cn(-c2ccc([N+](=O)[O-])cc2)c1CC. The van der Waals surface area contributed by atoms with E-state index in [1.54, 1.807) is 76.6 Å². The fourth-order valence-electron chi connectivity index (χ4n) is 7.72. The molecule has 5 aromatic heterocycles. The minimum atomic E-state index is -0.452. The summed E-state index contributed by atoms with van der Waals surface area (Å²) in [6, 6.07) is 16.3. The first kappa shape index (κ1) is 55.5. The van der Waals surface area contributed by atoms with Crippen molar-refractivity contribution in [2.75, 3.05) is 81.2 Å². The first-order valence-corrected chi connectivity index (χ1v) is 23.8. The van der Waals surface area contributed by atoms with Crippen molar-refractivity contribution in [3.63, 3.8) is 0 Å². The van der Waals surface area contributed by atoms with Crippen molar-refractivity contribution in [2.45, 2.75) is 53.9 Å². The van der Waals surface area contributed by atoms with Crippen molar-refractivity contribution in [3.05, 3.63) is 128 Å². The first-order valence-electron chi connectivity index (χ1n) is 23.8. The van der Waals surface area contributed by atoms with Crippen LogP contribution in [0.1, 0.15) is 58.8 Å². The van der Waals surface area contributed by atoms with E-state index < -0.39 is 4.92 Å². The van der Waals surface area contributed by atoms with Crippen molar-refractivity contribution in [3.8, 4) is 23.8 Å². The lowest BCUT2D eigenvalue weighted by Crippen LogP contribution is -2.10. The van der Waals surface area contributed by atoms with Gasteiger partial charge in [0.1, 0.15) is 29.1 Å². The monoisotopic (exact) mass is 1030 g/mol. The Labute approximate surface area is 439 Å². The molecule has 0 saturated carbocycles. The van der Waals surface area contributed by atoms with Crippen molar-refractivity contribution < 1.29 is 14.4 Å². The highest BCUT2D eigenvalue weighted by molar-refractivity contribution is 5.79. The van der Waals surface area contributed by atoms with Crippen LogP contribution in [0.5, 0.6) is 0 Å². The van der Waals surface area contributed by atoms with Crippen molar-refractivity contribution in [1.29, 1.82) is 10.5 Å². The number of methoxy groups -OCH3 is 2. The van der Waals surface area contributed by atoms with Crippen LogP contribution < -0.4 is 26.6 Å². The number of aromatic nitrogens is 8. The second-order valence-electron chi connectivity index (χ2n) is 16.6. The predicted octanol–water partition coefficient (Wildman–Crippen LogP) is 10.9. The van der Waals surface area contributed by atoms with Crippen LogP contribution in [0, 0.1) is 67.0 Å². The lowest BCUT2D eigenvalue weighted by Gasteiger charge is -2.18. The summed E-state index contributed by atoms with van der Waals surface area (Å²) in [6.07, 6.45) is 8.38. The molecule has 0 atom stereocenters. The number of pyridine rings is 1. The Kier molecular flexibility index (Phi) is 19.6. The highest BCUT2D eigenvalue weighted by Crippen LogP contribution is 2.41. The summed E-state index contributed by atoms with van der Waals surface area (Å²) >= 11 is 0. The molecule has 0 fully saturated rings. The molecule has 5 N–H and O–H groups in total. The lowest BCUT2D eigenvalue weighted by molar-refractivity contribution is -0.384. The zero-order chi connectivity index (χ0) is 54.7. The van der Waals surface area contributed by atoms with Gasteiger partial charge in [-0.3, -0.25) is 10.1 Å². The van der Waals surface area contributed by atoms with E-state index >= 15 is 0 Å². The van der Waals surface area contributed by atoms with Gasteiger partial charge in [-0.25, -0.2) is 24.5 Å². The topological polar surface area (TPSA) is 310 Å². The molecule has 0 saturated heterocycles. The maximum atomic E-state index is 11.0. The second kappa shape index (κ2) is 26.8. The van der Waals surface area contributed by atoms with Crippen LogP contribution in [0.25, 0.3) is 16.5 Å². The molecule has 0 amide bonds. The fourth-order valence-corrected chi connectivity index (χ4v) is 7.72. The van der Waals surface area contributed by atoms with Gasteiger partial charge in [0.15, 0.2) is 29.0 Å². The third-order valence-corrected chi connectivity index (χ3v) is 11.3. The number of ether oxygens (including phenoxy) is 2. The largest absolute Gasteiger partial charge is 0.385 e. The Morgan fingerprint density at radius 1 is 0.816 bits per heavy atom. The molecule has 390 valence electrons. The molecule has 7 rings (SSSR count). The molecule has 2 aromatic carbocycles. The minimum Gasteiger partial charge on any atom is -0.385 e. The van der Waals surface area contributed by atoms with E-state index in [0.717, 1.165) is 40.9 Å². The zero-order valence-corrected chi connectivity index (χ0v) is 43.6. The molecule has 25 heteroatoms. The van der Waals surface area contributed by atoms with Gasteiger partial charge >= 0.3 is 0 Å². The summed E-state index contributed by atoms with van der Waals surface area (Å²) in [4.78, 5) is 36.2. The standard InChI is InChI=1S/C28H29N11O.C23H28N10O3/c1-17-12-18(2)23(19(3)13-17)34-26-22(15-30)20(4)24(27(35-26)31-10-7-11-40-5)36-37-25-21(14-29)16-39(38-25)28-32-8-6-9-33-28;1-6-18-19(24-2)17(14-32(18)15-8-10-16(11-9-15)33(34)35)30-31-20-21(25-3)28-23(26-4)29-22(20)27-12-7-13-36-5/h6,8-9,12-13,16H,7,10-11H2,1-5H3,(H2,31,34,35);8-11,14H,6-7,12-13H2,1,3-5H3,(H3,25,26,27,28,29). The van der Waals surface area contributed by atoms with Gasteiger partial charge in [-0.2, -0.15) is 25.6 Å². The molecule has 25 nitrogen and oxygen atoms in total. The van der Waals surface area contributed by atoms with Crippen LogP contribution in [-0.4, -0.2) is 98.8 Å². The van der Waals surface area contributed by atoms with E-state index in [-0.39, 0.29) is 17.1 Å². The van der Waals surface area contributed by atoms with Gasteiger partial charge in [0, 0.05) is 108 Å². The molecular weight excluding hydrogens is 971 g/mol. The molecule has 76 heavy (non-hydrogen) atoms. The Hall–Kier alpha value is -9.77. The van der Waals surface area contributed by atoms with E-state index in [1.165, 1.54) is 23.0 Å². The van der Waals surface area contributed by atoms with Crippen LogP contribution in [0.2, 0.25) is 0 Å². The number of azo groups is 2. The van der Waals surface area contributed by atoms with E-state index in [0.29, 0.717) is 107 Å². The van der Waals surface area contributed by atoms with Crippen molar-refractivity contribution in [1.82, 2.24) is 39.3 Å². The van der Waals surface area contributed by atoms with E-state index in [4.69, 9.17) is 21.0 Å². The fraction of sp³-hybridized carbons (Fsp3) is 0.314. The van der Waals surface area contributed by atoms with Crippen LogP contribution in [0.15, 0.2) is 87.7 Å². The van der Waals surface area contributed by atoms with E-state index in [2.05, 4.69) is 101 Å². The van der Waals surface area contributed by atoms with Crippen LogP contribution in [0.4, 0.5) is 69.2 Å². The molecule has 5 heterocycles. The lowest BCUT2D eigenvalue weighted by atomic mass is 10.0. The van der Waals surface area contributed by atoms with Gasteiger partial charge in [0.05, 0.1) is 23.3 Å². The molecule has 7 aromatic rings.